The van der Waals surface area contributed by atoms with Crippen LogP contribution in [0.1, 0.15) is 27.0 Å². The Bertz CT molecular complexity index is 1040. The Labute approximate surface area is 195 Å². The number of hydrogen-bond donors (Lipinski definition) is 2. The SMILES string of the molecule is COc1ccc(CC(=O)NCc2ccc(C(=O)NCCc3ccc(N(C)C)cc3)cc2)cc1. The van der Waals surface area contributed by atoms with E-state index in [9.17, 15) is 9.59 Å². The predicted octanol–water partition coefficient (Wildman–Crippen LogP) is 3.59. The van der Waals surface area contributed by atoms with Crippen LogP contribution in [-0.2, 0) is 24.2 Å². The summed E-state index contributed by atoms with van der Waals surface area (Å²) >= 11 is 0. The van der Waals surface area contributed by atoms with Crippen molar-refractivity contribution in [3.05, 3.63) is 95.1 Å². The second-order valence-corrected chi connectivity index (χ2v) is 8.07. The number of ether oxygens (including phenoxy) is 1. The van der Waals surface area contributed by atoms with Gasteiger partial charge in [0, 0.05) is 38.4 Å². The van der Waals surface area contributed by atoms with Crippen LogP contribution in [0.2, 0.25) is 0 Å². The van der Waals surface area contributed by atoms with Gasteiger partial charge in [0.1, 0.15) is 5.75 Å². The number of carbonyl (C=O) groups excluding carboxylic acids is 2. The van der Waals surface area contributed by atoms with E-state index in [0.29, 0.717) is 25.1 Å². The van der Waals surface area contributed by atoms with Crippen LogP contribution in [0.4, 0.5) is 5.69 Å². The Morgan fingerprint density at radius 2 is 1.39 bits per heavy atom. The molecule has 2 N–H and O–H groups in total. The largest absolute Gasteiger partial charge is 0.497 e. The highest BCUT2D eigenvalue weighted by molar-refractivity contribution is 5.94. The number of benzene rings is 3. The number of anilines is 1. The first-order valence-electron chi connectivity index (χ1n) is 11.0. The van der Waals surface area contributed by atoms with E-state index in [1.165, 1.54) is 5.56 Å². The molecule has 0 fully saturated rings. The first-order chi connectivity index (χ1) is 15.9. The van der Waals surface area contributed by atoms with E-state index in [2.05, 4.69) is 39.8 Å². The van der Waals surface area contributed by atoms with Crippen molar-refractivity contribution in [2.24, 2.45) is 0 Å². The first kappa shape index (κ1) is 23.9. The van der Waals surface area contributed by atoms with Crippen molar-refractivity contribution >= 4 is 17.5 Å². The van der Waals surface area contributed by atoms with Crippen LogP contribution in [0, 0.1) is 0 Å². The average molecular weight is 446 g/mol. The van der Waals surface area contributed by atoms with Crippen molar-refractivity contribution in [1.29, 1.82) is 0 Å². The van der Waals surface area contributed by atoms with Crippen molar-refractivity contribution in [2.45, 2.75) is 19.4 Å². The molecule has 33 heavy (non-hydrogen) atoms. The molecule has 0 aliphatic heterocycles. The Hall–Kier alpha value is -3.80. The zero-order chi connectivity index (χ0) is 23.6. The molecular formula is C27H31N3O3. The number of nitrogens with one attached hydrogen (secondary N) is 2. The number of hydrogen-bond acceptors (Lipinski definition) is 4. The van der Waals surface area contributed by atoms with E-state index in [4.69, 9.17) is 4.74 Å². The van der Waals surface area contributed by atoms with E-state index < -0.39 is 0 Å². The number of amides is 2. The molecule has 0 radical (unpaired) electrons. The first-order valence-corrected chi connectivity index (χ1v) is 11.0. The number of nitrogens with zero attached hydrogens (tertiary/aromatic N) is 1. The van der Waals surface area contributed by atoms with E-state index in [0.717, 1.165) is 29.0 Å². The molecule has 0 saturated carbocycles. The molecule has 0 bridgehead atoms. The van der Waals surface area contributed by atoms with Crippen LogP contribution < -0.4 is 20.3 Å². The van der Waals surface area contributed by atoms with E-state index >= 15 is 0 Å². The van der Waals surface area contributed by atoms with Gasteiger partial charge in [0.05, 0.1) is 13.5 Å². The lowest BCUT2D eigenvalue weighted by Gasteiger charge is -2.12. The molecular weight excluding hydrogens is 414 g/mol. The second-order valence-electron chi connectivity index (χ2n) is 8.07. The van der Waals surface area contributed by atoms with E-state index in [1.807, 2.05) is 50.5 Å². The molecule has 2 amide bonds. The zero-order valence-electron chi connectivity index (χ0n) is 19.4. The lowest BCUT2D eigenvalue weighted by Crippen LogP contribution is -2.26. The van der Waals surface area contributed by atoms with Gasteiger partial charge in [-0.15, -0.1) is 0 Å². The Morgan fingerprint density at radius 3 is 2.00 bits per heavy atom. The van der Waals surface area contributed by atoms with Crippen molar-refractivity contribution < 1.29 is 14.3 Å². The van der Waals surface area contributed by atoms with E-state index in [-0.39, 0.29) is 11.8 Å². The van der Waals surface area contributed by atoms with Gasteiger partial charge in [0.2, 0.25) is 5.91 Å². The highest BCUT2D eigenvalue weighted by Crippen LogP contribution is 2.13. The molecule has 0 heterocycles. The quantitative estimate of drug-likeness (QED) is 0.500. The molecule has 172 valence electrons. The standard InChI is InChI=1S/C27H31N3O3/c1-30(2)24-12-6-20(7-13-24)16-17-28-27(32)23-10-4-22(5-11-23)19-29-26(31)18-21-8-14-25(33-3)15-9-21/h4-15H,16-19H2,1-3H3,(H,28,32)(H,29,31). The van der Waals surface area contributed by atoms with Gasteiger partial charge in [-0.2, -0.15) is 0 Å². The molecule has 0 aliphatic rings. The Kier molecular flexibility index (Phi) is 8.47. The summed E-state index contributed by atoms with van der Waals surface area (Å²) in [4.78, 5) is 26.7. The van der Waals surface area contributed by atoms with Crippen LogP contribution in [-0.4, -0.2) is 39.6 Å². The van der Waals surface area contributed by atoms with Gasteiger partial charge >= 0.3 is 0 Å². The molecule has 0 aliphatic carbocycles. The summed E-state index contributed by atoms with van der Waals surface area (Å²) in [5.41, 5.74) is 4.80. The van der Waals surface area contributed by atoms with Crippen LogP contribution >= 0.6 is 0 Å². The van der Waals surface area contributed by atoms with Crippen molar-refractivity contribution in [3.63, 3.8) is 0 Å². The lowest BCUT2D eigenvalue weighted by molar-refractivity contribution is -0.120. The smallest absolute Gasteiger partial charge is 0.251 e. The summed E-state index contributed by atoms with van der Waals surface area (Å²) in [6.07, 6.45) is 1.08. The van der Waals surface area contributed by atoms with Gasteiger partial charge < -0.3 is 20.3 Å². The summed E-state index contributed by atoms with van der Waals surface area (Å²) in [6, 6.07) is 23.1. The Balaban J connectivity index is 1.41. The van der Waals surface area contributed by atoms with Crippen molar-refractivity contribution in [1.82, 2.24) is 10.6 Å². The maximum absolute atomic E-state index is 12.4. The van der Waals surface area contributed by atoms with Crippen LogP contribution in [0.3, 0.4) is 0 Å². The molecule has 0 aromatic heterocycles. The fourth-order valence-corrected chi connectivity index (χ4v) is 3.35. The minimum atomic E-state index is -0.102. The summed E-state index contributed by atoms with van der Waals surface area (Å²) in [6.45, 7) is 0.989. The maximum Gasteiger partial charge on any atom is 0.251 e. The number of carbonyl (C=O) groups is 2. The van der Waals surface area contributed by atoms with Gasteiger partial charge in [-0.3, -0.25) is 9.59 Å². The van der Waals surface area contributed by atoms with Gasteiger partial charge in [-0.25, -0.2) is 0 Å². The van der Waals surface area contributed by atoms with Crippen LogP contribution in [0.5, 0.6) is 5.75 Å². The molecule has 3 rings (SSSR count). The van der Waals surface area contributed by atoms with Crippen molar-refractivity contribution in [3.8, 4) is 5.75 Å². The van der Waals surface area contributed by atoms with Gasteiger partial charge in [-0.1, -0.05) is 36.4 Å². The monoisotopic (exact) mass is 445 g/mol. The zero-order valence-corrected chi connectivity index (χ0v) is 19.4. The number of methoxy groups -OCH3 is 1. The Morgan fingerprint density at radius 1 is 0.788 bits per heavy atom. The molecule has 6 nitrogen and oxygen atoms in total. The minimum absolute atomic E-state index is 0.0550. The third-order valence-electron chi connectivity index (χ3n) is 5.38. The third-order valence-corrected chi connectivity index (χ3v) is 5.38. The molecule has 3 aromatic carbocycles. The highest BCUT2D eigenvalue weighted by Gasteiger charge is 2.07. The van der Waals surface area contributed by atoms with Crippen LogP contribution in [0.25, 0.3) is 0 Å². The topological polar surface area (TPSA) is 70.7 Å². The molecule has 0 atom stereocenters. The normalized spacial score (nSPS) is 10.4. The van der Waals surface area contributed by atoms with Gasteiger partial charge in [-0.05, 0) is 59.5 Å². The summed E-state index contributed by atoms with van der Waals surface area (Å²) in [5.74, 6) is 0.609. The summed E-state index contributed by atoms with van der Waals surface area (Å²) < 4.78 is 5.13. The summed E-state index contributed by atoms with van der Waals surface area (Å²) in [7, 11) is 5.63. The fraction of sp³-hybridized carbons (Fsp3) is 0.259. The molecule has 0 spiro atoms. The maximum atomic E-state index is 12.4. The third kappa shape index (κ3) is 7.38. The van der Waals surface area contributed by atoms with Crippen LogP contribution in [0.15, 0.2) is 72.8 Å². The van der Waals surface area contributed by atoms with Gasteiger partial charge in [0.25, 0.3) is 5.91 Å². The molecule has 0 saturated heterocycles. The highest BCUT2D eigenvalue weighted by atomic mass is 16.5. The molecule has 6 heteroatoms. The minimum Gasteiger partial charge on any atom is -0.497 e. The lowest BCUT2D eigenvalue weighted by atomic mass is 10.1. The van der Waals surface area contributed by atoms with E-state index in [1.54, 1.807) is 19.2 Å². The predicted molar refractivity (Wildman–Crippen MR) is 132 cm³/mol. The molecule has 3 aromatic rings. The fourth-order valence-electron chi connectivity index (χ4n) is 3.35. The summed E-state index contributed by atoms with van der Waals surface area (Å²) in [5, 5.41) is 5.88. The molecule has 0 unspecified atom stereocenters. The van der Waals surface area contributed by atoms with Crippen molar-refractivity contribution in [2.75, 3.05) is 32.6 Å². The second kappa shape index (κ2) is 11.7. The van der Waals surface area contributed by atoms with Gasteiger partial charge in [0.15, 0.2) is 0 Å². The average Bonchev–Trinajstić information content (AvgIpc) is 2.84. The number of rotatable bonds is 10.